The molecule has 0 saturated carbocycles. The molecule has 0 bridgehead atoms. The molecule has 1 rings (SSSR count). The van der Waals surface area contributed by atoms with Crippen molar-refractivity contribution in [3.8, 4) is 5.75 Å². The zero-order valence-corrected chi connectivity index (χ0v) is 12.3. The Hall–Kier alpha value is -1.60. The monoisotopic (exact) mass is 268 g/mol. The van der Waals surface area contributed by atoms with Gasteiger partial charge in [-0.3, -0.25) is 0 Å². The number of methoxy groups -OCH3 is 1. The van der Waals surface area contributed by atoms with E-state index >= 15 is 0 Å². The maximum Gasteiger partial charge on any atom is 0.205 e. The van der Waals surface area contributed by atoms with Crippen LogP contribution in [-0.4, -0.2) is 48.7 Å². The molecule has 0 aliphatic heterocycles. The maximum atomic E-state index is 5.41. The number of rotatable bonds is 7. The lowest BCUT2D eigenvalue weighted by molar-refractivity contribution is 0.342. The van der Waals surface area contributed by atoms with Gasteiger partial charge in [-0.05, 0) is 20.0 Å². The molecular weight excluding hydrogens is 244 g/mol. The molecular formula is C12H24N6O. The van der Waals surface area contributed by atoms with E-state index in [-0.39, 0.29) is 6.04 Å². The van der Waals surface area contributed by atoms with Gasteiger partial charge in [0.05, 0.1) is 7.11 Å². The molecule has 4 N–H and O–H groups in total. The number of aromatic nitrogens is 2. The highest BCUT2D eigenvalue weighted by atomic mass is 16.5. The molecule has 7 nitrogen and oxygen atoms in total. The number of nitrogens with one attached hydrogen (secondary N) is 2. The molecule has 0 saturated heterocycles. The zero-order valence-electron chi connectivity index (χ0n) is 12.3. The van der Waals surface area contributed by atoms with Gasteiger partial charge in [0.2, 0.25) is 5.75 Å². The van der Waals surface area contributed by atoms with Crippen molar-refractivity contribution in [1.82, 2.24) is 14.9 Å². The van der Waals surface area contributed by atoms with Gasteiger partial charge in [-0.2, -0.15) is 0 Å². The van der Waals surface area contributed by atoms with Crippen LogP contribution in [0.5, 0.6) is 5.75 Å². The molecule has 0 aromatic carbocycles. The number of likely N-dealkylation sites (N-methyl/N-ethyl adjacent to an activating group) is 1. The Balaban J connectivity index is 2.95. The Morgan fingerprint density at radius 1 is 1.32 bits per heavy atom. The molecule has 19 heavy (non-hydrogen) atoms. The predicted molar refractivity (Wildman–Crippen MR) is 77.2 cm³/mol. The average molecular weight is 268 g/mol. The molecule has 0 amide bonds. The van der Waals surface area contributed by atoms with Gasteiger partial charge in [0, 0.05) is 12.6 Å². The standard InChI is InChI=1S/C12H24N6O/c1-8(2)9(6-18(3)4)16-11-10(19-5)12(17-13)15-7-14-11/h7-9H,6,13H2,1-5H3,(H2,14,15,16,17). The lowest BCUT2D eigenvalue weighted by Crippen LogP contribution is -2.36. The summed E-state index contributed by atoms with van der Waals surface area (Å²) < 4.78 is 5.31. The number of hydrogen-bond donors (Lipinski definition) is 3. The number of anilines is 2. The van der Waals surface area contributed by atoms with Gasteiger partial charge in [-0.25, -0.2) is 15.8 Å². The lowest BCUT2D eigenvalue weighted by atomic mass is 10.0. The topological polar surface area (TPSA) is 88.3 Å². The van der Waals surface area contributed by atoms with E-state index in [4.69, 9.17) is 10.6 Å². The molecule has 108 valence electrons. The third kappa shape index (κ3) is 4.22. The van der Waals surface area contributed by atoms with E-state index in [0.717, 1.165) is 6.54 Å². The van der Waals surface area contributed by atoms with Gasteiger partial charge < -0.3 is 20.4 Å². The summed E-state index contributed by atoms with van der Waals surface area (Å²) in [6, 6.07) is 0.254. The third-order valence-electron chi connectivity index (χ3n) is 2.83. The van der Waals surface area contributed by atoms with E-state index in [0.29, 0.717) is 23.3 Å². The summed E-state index contributed by atoms with van der Waals surface area (Å²) in [5, 5.41) is 3.39. The van der Waals surface area contributed by atoms with Crippen molar-refractivity contribution >= 4 is 11.6 Å². The van der Waals surface area contributed by atoms with Crippen LogP contribution in [0.25, 0.3) is 0 Å². The number of hydrogen-bond acceptors (Lipinski definition) is 7. The minimum atomic E-state index is 0.254. The fourth-order valence-electron chi connectivity index (χ4n) is 1.76. The van der Waals surface area contributed by atoms with E-state index in [9.17, 15) is 0 Å². The summed E-state index contributed by atoms with van der Waals surface area (Å²) in [5.41, 5.74) is 2.50. The van der Waals surface area contributed by atoms with Crippen molar-refractivity contribution < 1.29 is 4.74 Å². The second-order valence-corrected chi connectivity index (χ2v) is 5.01. The second-order valence-electron chi connectivity index (χ2n) is 5.01. The van der Waals surface area contributed by atoms with Crippen molar-refractivity contribution in [1.29, 1.82) is 0 Å². The number of nitrogens with zero attached hydrogens (tertiary/aromatic N) is 3. The van der Waals surface area contributed by atoms with Crippen molar-refractivity contribution in [2.75, 3.05) is 38.5 Å². The fourth-order valence-corrected chi connectivity index (χ4v) is 1.76. The van der Waals surface area contributed by atoms with Crippen molar-refractivity contribution in [3.63, 3.8) is 0 Å². The molecule has 0 aliphatic carbocycles. The quantitative estimate of drug-likeness (QED) is 0.497. The summed E-state index contributed by atoms with van der Waals surface area (Å²) in [6.45, 7) is 5.23. The van der Waals surface area contributed by atoms with Crippen LogP contribution in [0.15, 0.2) is 6.33 Å². The summed E-state index contributed by atoms with van der Waals surface area (Å²) in [4.78, 5) is 10.4. The largest absolute Gasteiger partial charge is 0.490 e. The van der Waals surface area contributed by atoms with E-state index in [2.05, 4.69) is 39.5 Å². The first-order chi connectivity index (χ1) is 8.99. The van der Waals surface area contributed by atoms with Crippen LogP contribution >= 0.6 is 0 Å². The summed E-state index contributed by atoms with van der Waals surface area (Å²) in [5.74, 6) is 7.50. The van der Waals surface area contributed by atoms with Crippen LogP contribution in [0.4, 0.5) is 11.6 Å². The average Bonchev–Trinajstić information content (AvgIpc) is 2.36. The van der Waals surface area contributed by atoms with Crippen molar-refractivity contribution in [2.24, 2.45) is 11.8 Å². The SMILES string of the molecule is COc1c(NN)ncnc1NC(CN(C)C)C(C)C. The molecule has 0 spiro atoms. The maximum absolute atomic E-state index is 5.41. The van der Waals surface area contributed by atoms with E-state index in [1.165, 1.54) is 6.33 Å². The number of ether oxygens (including phenoxy) is 1. The number of nitrogens with two attached hydrogens (primary N) is 1. The number of nitrogen functional groups attached to an aromatic ring is 1. The molecule has 7 heteroatoms. The van der Waals surface area contributed by atoms with Crippen LogP contribution in [0.2, 0.25) is 0 Å². The Kier molecular flexibility index (Phi) is 5.78. The van der Waals surface area contributed by atoms with Crippen LogP contribution in [0.1, 0.15) is 13.8 Å². The van der Waals surface area contributed by atoms with Gasteiger partial charge in [0.15, 0.2) is 11.6 Å². The van der Waals surface area contributed by atoms with Gasteiger partial charge in [-0.15, -0.1) is 0 Å². The molecule has 0 fully saturated rings. The second kappa shape index (κ2) is 7.10. The molecule has 1 aromatic heterocycles. The molecule has 1 unspecified atom stereocenters. The zero-order chi connectivity index (χ0) is 14.4. The van der Waals surface area contributed by atoms with Crippen molar-refractivity contribution in [2.45, 2.75) is 19.9 Å². The first kappa shape index (κ1) is 15.5. The predicted octanol–water partition coefficient (Wildman–Crippen LogP) is 0.769. The molecule has 1 aromatic rings. The molecule has 0 radical (unpaired) electrons. The van der Waals surface area contributed by atoms with Crippen LogP contribution in [0, 0.1) is 5.92 Å². The normalized spacial score (nSPS) is 12.6. The number of hydrazine groups is 1. The van der Waals surface area contributed by atoms with Crippen LogP contribution in [0.3, 0.4) is 0 Å². The molecule has 1 heterocycles. The molecule has 0 aliphatic rings. The molecule has 1 atom stereocenters. The van der Waals surface area contributed by atoms with Crippen LogP contribution in [-0.2, 0) is 0 Å². The van der Waals surface area contributed by atoms with E-state index in [1.54, 1.807) is 7.11 Å². The fraction of sp³-hybridized carbons (Fsp3) is 0.667. The van der Waals surface area contributed by atoms with E-state index in [1.807, 2.05) is 14.1 Å². The Labute approximate surface area is 114 Å². The summed E-state index contributed by atoms with van der Waals surface area (Å²) in [6.07, 6.45) is 1.45. The Bertz CT molecular complexity index is 396. The summed E-state index contributed by atoms with van der Waals surface area (Å²) >= 11 is 0. The first-order valence-corrected chi connectivity index (χ1v) is 6.26. The Morgan fingerprint density at radius 2 is 1.95 bits per heavy atom. The smallest absolute Gasteiger partial charge is 0.205 e. The van der Waals surface area contributed by atoms with Crippen molar-refractivity contribution in [3.05, 3.63) is 6.33 Å². The highest BCUT2D eigenvalue weighted by molar-refractivity contribution is 5.63. The third-order valence-corrected chi connectivity index (χ3v) is 2.83. The highest BCUT2D eigenvalue weighted by Crippen LogP contribution is 2.29. The van der Waals surface area contributed by atoms with Gasteiger partial charge >= 0.3 is 0 Å². The minimum Gasteiger partial charge on any atom is -0.490 e. The van der Waals surface area contributed by atoms with Gasteiger partial charge in [0.1, 0.15) is 6.33 Å². The van der Waals surface area contributed by atoms with Crippen LogP contribution < -0.4 is 21.3 Å². The highest BCUT2D eigenvalue weighted by Gasteiger charge is 2.18. The minimum absolute atomic E-state index is 0.254. The Morgan fingerprint density at radius 3 is 2.42 bits per heavy atom. The van der Waals surface area contributed by atoms with Gasteiger partial charge in [-0.1, -0.05) is 13.8 Å². The lowest BCUT2D eigenvalue weighted by Gasteiger charge is -2.26. The summed E-state index contributed by atoms with van der Waals surface area (Å²) in [7, 11) is 5.66. The first-order valence-electron chi connectivity index (χ1n) is 6.26. The van der Waals surface area contributed by atoms with Gasteiger partial charge in [0.25, 0.3) is 0 Å². The van der Waals surface area contributed by atoms with E-state index < -0.39 is 0 Å².